The lowest BCUT2D eigenvalue weighted by atomic mass is 10.0. The first-order chi connectivity index (χ1) is 8.40. The number of aryl methyl sites for hydroxylation is 1. The molecule has 0 aliphatic rings. The van der Waals surface area contributed by atoms with E-state index < -0.39 is 11.9 Å². The number of carboxylic acids is 1. The predicted octanol–water partition coefficient (Wildman–Crippen LogP) is 1.37. The Morgan fingerprint density at radius 3 is 2.50 bits per heavy atom. The summed E-state index contributed by atoms with van der Waals surface area (Å²) in [7, 11) is 0. The average Bonchev–Trinajstić information content (AvgIpc) is 2.28. The van der Waals surface area contributed by atoms with Crippen LogP contribution in [0.15, 0.2) is 18.2 Å². The molecule has 0 spiro atoms. The van der Waals surface area contributed by atoms with E-state index >= 15 is 0 Å². The van der Waals surface area contributed by atoms with Crippen LogP contribution in [-0.2, 0) is 20.7 Å². The molecule has 0 radical (unpaired) electrons. The number of esters is 1. The van der Waals surface area contributed by atoms with Gasteiger partial charge in [-0.25, -0.2) is 0 Å². The van der Waals surface area contributed by atoms with E-state index in [2.05, 4.69) is 4.74 Å². The Kier molecular flexibility index (Phi) is 4.59. The smallest absolute Gasteiger partial charge is 0.307 e. The van der Waals surface area contributed by atoms with E-state index in [1.165, 1.54) is 13.0 Å². The normalized spacial score (nSPS) is 9.89. The Balaban J connectivity index is 2.89. The van der Waals surface area contributed by atoms with Crippen LogP contribution in [0.25, 0.3) is 0 Å². The number of hydrogen-bond acceptors (Lipinski definition) is 4. The van der Waals surface area contributed by atoms with Crippen molar-refractivity contribution in [1.29, 1.82) is 0 Å². The Bertz CT molecular complexity index is 490. The van der Waals surface area contributed by atoms with E-state index in [1.807, 2.05) is 0 Å². The number of aliphatic carboxylic acids is 1. The Morgan fingerprint density at radius 1 is 1.28 bits per heavy atom. The number of hydrogen-bond donors (Lipinski definition) is 1. The van der Waals surface area contributed by atoms with Crippen molar-refractivity contribution in [3.05, 3.63) is 34.9 Å². The molecule has 0 saturated carbocycles. The third-order valence-electron chi connectivity index (χ3n) is 2.36. The lowest BCUT2D eigenvalue weighted by Crippen LogP contribution is -2.13. The molecular formula is C13H14O5. The predicted molar refractivity (Wildman–Crippen MR) is 63.5 cm³/mol. The summed E-state index contributed by atoms with van der Waals surface area (Å²) in [5.74, 6) is -1.82. The molecule has 5 nitrogen and oxygen atoms in total. The van der Waals surface area contributed by atoms with Crippen LogP contribution < -0.4 is 0 Å². The van der Waals surface area contributed by atoms with Crippen LogP contribution in [0.3, 0.4) is 0 Å². The van der Waals surface area contributed by atoms with Crippen LogP contribution in [-0.4, -0.2) is 29.4 Å². The quantitative estimate of drug-likeness (QED) is 0.630. The molecule has 1 aromatic rings. The summed E-state index contributed by atoms with van der Waals surface area (Å²) in [6.07, 6.45) is -0.145. The highest BCUT2D eigenvalue weighted by atomic mass is 16.5. The molecule has 0 aromatic heterocycles. The lowest BCUT2D eigenvalue weighted by molar-refractivity contribution is -0.140. The van der Waals surface area contributed by atoms with Crippen molar-refractivity contribution in [2.24, 2.45) is 0 Å². The van der Waals surface area contributed by atoms with Gasteiger partial charge in [-0.05, 0) is 24.1 Å². The van der Waals surface area contributed by atoms with Gasteiger partial charge in [0.25, 0.3) is 0 Å². The minimum Gasteiger partial charge on any atom is -0.481 e. The van der Waals surface area contributed by atoms with Gasteiger partial charge in [0, 0.05) is 12.5 Å². The maximum atomic E-state index is 11.8. The summed E-state index contributed by atoms with van der Waals surface area (Å²) in [5, 5.41) is 8.69. The summed E-state index contributed by atoms with van der Waals surface area (Å²) in [6.45, 7) is 2.64. The SMILES string of the molecule is CC(=O)OCC(=O)c1cc(CC(=O)O)ccc1C. The van der Waals surface area contributed by atoms with Gasteiger partial charge in [-0.15, -0.1) is 0 Å². The molecule has 5 heteroatoms. The molecule has 96 valence electrons. The van der Waals surface area contributed by atoms with Crippen molar-refractivity contribution in [3.63, 3.8) is 0 Å². The molecule has 1 aromatic carbocycles. The number of carboxylic acid groups (broad SMARTS) is 1. The molecule has 0 aliphatic carbocycles. The van der Waals surface area contributed by atoms with Gasteiger partial charge < -0.3 is 9.84 Å². The van der Waals surface area contributed by atoms with Crippen molar-refractivity contribution in [3.8, 4) is 0 Å². The highest BCUT2D eigenvalue weighted by molar-refractivity contribution is 5.99. The number of carbonyl (C=O) groups excluding carboxylic acids is 2. The first-order valence-electron chi connectivity index (χ1n) is 5.38. The van der Waals surface area contributed by atoms with Gasteiger partial charge in [-0.3, -0.25) is 14.4 Å². The van der Waals surface area contributed by atoms with Gasteiger partial charge in [0.05, 0.1) is 6.42 Å². The molecule has 1 N–H and O–H groups in total. The minimum absolute atomic E-state index is 0.145. The fourth-order valence-electron chi connectivity index (χ4n) is 1.50. The fraction of sp³-hybridized carbons (Fsp3) is 0.308. The molecular weight excluding hydrogens is 236 g/mol. The Labute approximate surface area is 104 Å². The van der Waals surface area contributed by atoms with E-state index in [1.54, 1.807) is 19.1 Å². The van der Waals surface area contributed by atoms with Crippen molar-refractivity contribution in [2.45, 2.75) is 20.3 Å². The molecule has 0 bridgehead atoms. The van der Waals surface area contributed by atoms with Gasteiger partial charge in [0.2, 0.25) is 5.78 Å². The number of rotatable bonds is 5. The van der Waals surface area contributed by atoms with Crippen LogP contribution in [0.5, 0.6) is 0 Å². The van der Waals surface area contributed by atoms with E-state index in [4.69, 9.17) is 5.11 Å². The zero-order valence-corrected chi connectivity index (χ0v) is 10.2. The number of ether oxygens (including phenoxy) is 1. The zero-order valence-electron chi connectivity index (χ0n) is 10.2. The second-order valence-electron chi connectivity index (χ2n) is 3.92. The minimum atomic E-state index is -0.961. The maximum Gasteiger partial charge on any atom is 0.307 e. The van der Waals surface area contributed by atoms with Crippen molar-refractivity contribution < 1.29 is 24.2 Å². The van der Waals surface area contributed by atoms with Crippen LogP contribution in [0.4, 0.5) is 0 Å². The van der Waals surface area contributed by atoms with Crippen LogP contribution in [0, 0.1) is 6.92 Å². The van der Waals surface area contributed by atoms with Gasteiger partial charge in [0.15, 0.2) is 6.61 Å². The number of carbonyl (C=O) groups is 3. The zero-order chi connectivity index (χ0) is 13.7. The summed E-state index contributed by atoms with van der Waals surface area (Å²) in [5.41, 5.74) is 1.65. The van der Waals surface area contributed by atoms with E-state index in [9.17, 15) is 14.4 Å². The van der Waals surface area contributed by atoms with Crippen molar-refractivity contribution in [1.82, 2.24) is 0 Å². The molecule has 0 unspecified atom stereocenters. The lowest BCUT2D eigenvalue weighted by Gasteiger charge is -2.07. The maximum absolute atomic E-state index is 11.8. The second kappa shape index (κ2) is 5.95. The first-order valence-corrected chi connectivity index (χ1v) is 5.38. The number of benzene rings is 1. The van der Waals surface area contributed by atoms with Gasteiger partial charge >= 0.3 is 11.9 Å². The highest BCUT2D eigenvalue weighted by Crippen LogP contribution is 2.13. The average molecular weight is 250 g/mol. The molecule has 1 rings (SSSR count). The molecule has 18 heavy (non-hydrogen) atoms. The van der Waals surface area contributed by atoms with Gasteiger partial charge in [-0.1, -0.05) is 12.1 Å². The summed E-state index contributed by atoms with van der Waals surface area (Å²) < 4.78 is 4.63. The molecule has 0 saturated heterocycles. The summed E-state index contributed by atoms with van der Waals surface area (Å²) in [6, 6.07) is 4.86. The van der Waals surface area contributed by atoms with E-state index in [0.29, 0.717) is 11.1 Å². The number of ketones is 1. The molecule has 0 fully saturated rings. The van der Waals surface area contributed by atoms with Crippen LogP contribution in [0.2, 0.25) is 0 Å². The van der Waals surface area contributed by atoms with Gasteiger partial charge in [0.1, 0.15) is 0 Å². The van der Waals surface area contributed by atoms with Crippen molar-refractivity contribution in [2.75, 3.05) is 6.61 Å². The van der Waals surface area contributed by atoms with Gasteiger partial charge in [-0.2, -0.15) is 0 Å². The molecule has 0 heterocycles. The van der Waals surface area contributed by atoms with E-state index in [0.717, 1.165) is 5.56 Å². The summed E-state index contributed by atoms with van der Waals surface area (Å²) >= 11 is 0. The second-order valence-corrected chi connectivity index (χ2v) is 3.92. The monoisotopic (exact) mass is 250 g/mol. The Hall–Kier alpha value is -2.17. The third kappa shape index (κ3) is 4.01. The summed E-state index contributed by atoms with van der Waals surface area (Å²) in [4.78, 5) is 33.0. The fourth-order valence-corrected chi connectivity index (χ4v) is 1.50. The van der Waals surface area contributed by atoms with E-state index in [-0.39, 0.29) is 18.8 Å². The van der Waals surface area contributed by atoms with Crippen LogP contribution >= 0.6 is 0 Å². The first kappa shape index (κ1) is 13.9. The molecule has 0 atom stereocenters. The van der Waals surface area contributed by atoms with Crippen LogP contribution in [0.1, 0.15) is 28.4 Å². The number of Topliss-reactive ketones (excluding diaryl/α,β-unsaturated/α-hetero) is 1. The Morgan fingerprint density at radius 2 is 1.94 bits per heavy atom. The largest absolute Gasteiger partial charge is 0.481 e. The van der Waals surface area contributed by atoms with Crippen molar-refractivity contribution >= 4 is 17.7 Å². The third-order valence-corrected chi connectivity index (χ3v) is 2.36. The standard InChI is InChI=1S/C13H14O5/c1-8-3-4-10(6-13(16)17)5-11(8)12(15)7-18-9(2)14/h3-5H,6-7H2,1-2H3,(H,16,17). The highest BCUT2D eigenvalue weighted by Gasteiger charge is 2.12. The molecule has 0 aliphatic heterocycles. The molecule has 0 amide bonds. The topological polar surface area (TPSA) is 80.7 Å².